The summed E-state index contributed by atoms with van der Waals surface area (Å²) >= 11 is 3.17. The third-order valence-corrected chi connectivity index (χ3v) is 3.30. The van der Waals surface area contributed by atoms with Crippen LogP contribution in [0.5, 0.6) is 0 Å². The minimum Gasteiger partial charge on any atom is -0.378 e. The molecule has 0 unspecified atom stereocenters. The van der Waals surface area contributed by atoms with Gasteiger partial charge in [0.2, 0.25) is 0 Å². The van der Waals surface area contributed by atoms with Gasteiger partial charge in [-0.05, 0) is 36.4 Å². The van der Waals surface area contributed by atoms with Crippen LogP contribution in [0.4, 0.5) is 15.8 Å². The number of nitrogens with zero attached hydrogens (tertiary/aromatic N) is 1. The van der Waals surface area contributed by atoms with E-state index in [1.807, 2.05) is 25.1 Å². The molecule has 0 radical (unpaired) electrons. The standard InChI is InChI=1S/C15H14BrFN2O/c1-19(2)12-5-3-4-10(8-12)15(20)18-14-7-6-11(16)9-13(14)17/h3-9H,1-2H3,(H,18,20). The van der Waals surface area contributed by atoms with Gasteiger partial charge in [-0.15, -0.1) is 0 Å². The zero-order chi connectivity index (χ0) is 14.7. The van der Waals surface area contributed by atoms with E-state index in [-0.39, 0.29) is 11.6 Å². The molecule has 0 heterocycles. The summed E-state index contributed by atoms with van der Waals surface area (Å²) in [4.78, 5) is 14.0. The van der Waals surface area contributed by atoms with Gasteiger partial charge in [-0.2, -0.15) is 0 Å². The maximum absolute atomic E-state index is 13.7. The molecule has 104 valence electrons. The number of hydrogen-bond donors (Lipinski definition) is 1. The topological polar surface area (TPSA) is 32.3 Å². The van der Waals surface area contributed by atoms with E-state index in [0.717, 1.165) is 5.69 Å². The molecule has 0 saturated heterocycles. The Bertz CT molecular complexity index is 644. The molecule has 20 heavy (non-hydrogen) atoms. The molecule has 3 nitrogen and oxygen atoms in total. The Morgan fingerprint density at radius 1 is 1.20 bits per heavy atom. The Kier molecular flexibility index (Phi) is 4.39. The maximum atomic E-state index is 13.7. The third-order valence-electron chi connectivity index (χ3n) is 2.80. The van der Waals surface area contributed by atoms with Crippen molar-refractivity contribution in [2.24, 2.45) is 0 Å². The second kappa shape index (κ2) is 6.05. The highest BCUT2D eigenvalue weighted by atomic mass is 79.9. The first-order valence-corrected chi connectivity index (χ1v) is 6.80. The van der Waals surface area contributed by atoms with Gasteiger partial charge in [-0.1, -0.05) is 22.0 Å². The lowest BCUT2D eigenvalue weighted by Crippen LogP contribution is -2.14. The Labute approximate surface area is 125 Å². The molecule has 1 amide bonds. The van der Waals surface area contributed by atoms with Crippen LogP contribution in [0.2, 0.25) is 0 Å². The molecule has 0 saturated carbocycles. The van der Waals surface area contributed by atoms with Crippen molar-refractivity contribution < 1.29 is 9.18 Å². The van der Waals surface area contributed by atoms with Crippen LogP contribution in [0.3, 0.4) is 0 Å². The van der Waals surface area contributed by atoms with Crippen LogP contribution in [0.1, 0.15) is 10.4 Å². The number of benzene rings is 2. The number of rotatable bonds is 3. The van der Waals surface area contributed by atoms with Gasteiger partial charge in [-0.25, -0.2) is 4.39 Å². The average Bonchev–Trinajstić information content (AvgIpc) is 2.42. The molecule has 0 aliphatic carbocycles. The molecule has 1 N–H and O–H groups in total. The van der Waals surface area contributed by atoms with Crippen molar-refractivity contribution in [2.45, 2.75) is 0 Å². The van der Waals surface area contributed by atoms with Gasteiger partial charge >= 0.3 is 0 Å². The van der Waals surface area contributed by atoms with Crippen molar-refractivity contribution >= 4 is 33.2 Å². The van der Waals surface area contributed by atoms with Crippen LogP contribution in [-0.2, 0) is 0 Å². The Hall–Kier alpha value is -1.88. The van der Waals surface area contributed by atoms with Gasteiger partial charge < -0.3 is 10.2 Å². The lowest BCUT2D eigenvalue weighted by molar-refractivity contribution is 0.102. The van der Waals surface area contributed by atoms with E-state index in [4.69, 9.17) is 0 Å². The van der Waals surface area contributed by atoms with Crippen LogP contribution in [0.25, 0.3) is 0 Å². The van der Waals surface area contributed by atoms with Gasteiger partial charge in [0, 0.05) is 29.8 Å². The Morgan fingerprint density at radius 2 is 1.95 bits per heavy atom. The molecule has 0 bridgehead atoms. The highest BCUT2D eigenvalue weighted by Gasteiger charge is 2.10. The summed E-state index contributed by atoms with van der Waals surface area (Å²) < 4.78 is 14.3. The first-order chi connectivity index (χ1) is 9.47. The zero-order valence-corrected chi connectivity index (χ0v) is 12.7. The monoisotopic (exact) mass is 336 g/mol. The van der Waals surface area contributed by atoms with E-state index in [1.54, 1.807) is 24.3 Å². The molecule has 0 fully saturated rings. The van der Waals surface area contributed by atoms with Gasteiger partial charge in [0.15, 0.2) is 0 Å². The molecule has 2 aromatic carbocycles. The van der Waals surface area contributed by atoms with E-state index >= 15 is 0 Å². The van der Waals surface area contributed by atoms with E-state index in [0.29, 0.717) is 10.0 Å². The SMILES string of the molecule is CN(C)c1cccc(C(=O)Nc2ccc(Br)cc2F)c1. The Balaban J connectivity index is 2.21. The van der Waals surface area contributed by atoms with Crippen LogP contribution in [0, 0.1) is 5.82 Å². The number of carbonyl (C=O) groups excluding carboxylic acids is 1. The average molecular weight is 337 g/mol. The second-order valence-electron chi connectivity index (χ2n) is 4.52. The fourth-order valence-electron chi connectivity index (χ4n) is 1.71. The lowest BCUT2D eigenvalue weighted by Gasteiger charge is -2.13. The molecule has 0 aromatic heterocycles. The van der Waals surface area contributed by atoms with Crippen molar-refractivity contribution in [2.75, 3.05) is 24.3 Å². The highest BCUT2D eigenvalue weighted by Crippen LogP contribution is 2.21. The number of amides is 1. The second-order valence-corrected chi connectivity index (χ2v) is 5.44. The highest BCUT2D eigenvalue weighted by molar-refractivity contribution is 9.10. The number of carbonyl (C=O) groups is 1. The van der Waals surface area contributed by atoms with Crippen LogP contribution in [0.15, 0.2) is 46.9 Å². The molecule has 0 aliphatic rings. The van der Waals surface area contributed by atoms with Crippen LogP contribution < -0.4 is 10.2 Å². The number of nitrogens with one attached hydrogen (secondary N) is 1. The minimum atomic E-state index is -0.475. The fraction of sp³-hybridized carbons (Fsp3) is 0.133. The molecule has 0 spiro atoms. The molecule has 2 rings (SSSR count). The van der Waals surface area contributed by atoms with Crippen molar-refractivity contribution in [3.05, 3.63) is 58.3 Å². The molecule has 5 heteroatoms. The van der Waals surface area contributed by atoms with Gasteiger partial charge in [0.25, 0.3) is 5.91 Å². The summed E-state index contributed by atoms with van der Waals surface area (Å²) in [6, 6.07) is 11.7. The van der Waals surface area contributed by atoms with Gasteiger partial charge in [0.1, 0.15) is 5.82 Å². The van der Waals surface area contributed by atoms with E-state index < -0.39 is 5.82 Å². The fourth-order valence-corrected chi connectivity index (χ4v) is 2.04. The number of anilines is 2. The summed E-state index contributed by atoms with van der Waals surface area (Å²) in [5.41, 5.74) is 1.56. The van der Waals surface area contributed by atoms with E-state index in [9.17, 15) is 9.18 Å². The predicted octanol–water partition coefficient (Wildman–Crippen LogP) is 3.91. The first kappa shape index (κ1) is 14.5. The molecular formula is C15H14BrFN2O. The van der Waals surface area contributed by atoms with Crippen molar-refractivity contribution in [1.82, 2.24) is 0 Å². The van der Waals surface area contributed by atoms with Crippen LogP contribution in [-0.4, -0.2) is 20.0 Å². The third kappa shape index (κ3) is 3.36. The molecular weight excluding hydrogens is 323 g/mol. The minimum absolute atomic E-state index is 0.161. The normalized spacial score (nSPS) is 10.2. The summed E-state index contributed by atoms with van der Waals surface area (Å²) in [7, 11) is 3.79. The summed E-state index contributed by atoms with van der Waals surface area (Å²) in [6.07, 6.45) is 0. The lowest BCUT2D eigenvalue weighted by atomic mass is 10.1. The maximum Gasteiger partial charge on any atom is 0.255 e. The smallest absolute Gasteiger partial charge is 0.255 e. The van der Waals surface area contributed by atoms with Crippen molar-refractivity contribution in [3.63, 3.8) is 0 Å². The van der Waals surface area contributed by atoms with Gasteiger partial charge in [0.05, 0.1) is 5.69 Å². The summed E-state index contributed by atoms with van der Waals surface area (Å²) in [6.45, 7) is 0. The van der Waals surface area contributed by atoms with Crippen molar-refractivity contribution in [3.8, 4) is 0 Å². The van der Waals surface area contributed by atoms with E-state index in [1.165, 1.54) is 12.1 Å². The first-order valence-electron chi connectivity index (χ1n) is 6.01. The number of halogens is 2. The summed E-state index contributed by atoms with van der Waals surface area (Å²) in [5, 5.41) is 2.57. The molecule has 2 aromatic rings. The predicted molar refractivity (Wildman–Crippen MR) is 82.8 cm³/mol. The quantitative estimate of drug-likeness (QED) is 0.921. The molecule has 0 atom stereocenters. The van der Waals surface area contributed by atoms with Crippen LogP contribution >= 0.6 is 15.9 Å². The molecule has 0 aliphatic heterocycles. The summed E-state index contributed by atoms with van der Waals surface area (Å²) in [5.74, 6) is -0.814. The Morgan fingerprint density at radius 3 is 2.60 bits per heavy atom. The van der Waals surface area contributed by atoms with Gasteiger partial charge in [-0.3, -0.25) is 4.79 Å². The van der Waals surface area contributed by atoms with Crippen molar-refractivity contribution in [1.29, 1.82) is 0 Å². The number of hydrogen-bond acceptors (Lipinski definition) is 2. The largest absolute Gasteiger partial charge is 0.378 e. The zero-order valence-electron chi connectivity index (χ0n) is 11.2. The van der Waals surface area contributed by atoms with E-state index in [2.05, 4.69) is 21.2 Å².